The lowest BCUT2D eigenvalue weighted by atomic mass is 10.0. The zero-order valence-corrected chi connectivity index (χ0v) is 23.2. The summed E-state index contributed by atoms with van der Waals surface area (Å²) in [7, 11) is 0. The lowest BCUT2D eigenvalue weighted by Gasteiger charge is -2.33. The Labute approximate surface area is 248 Å². The smallest absolute Gasteiger partial charge is 0.324 e. The number of halogens is 6. The number of fused-ring (bicyclic) bond motifs is 1. The summed E-state index contributed by atoms with van der Waals surface area (Å²) in [5.41, 5.74) is -3.13. The van der Waals surface area contributed by atoms with E-state index in [0.717, 1.165) is 0 Å². The average Bonchev–Trinajstić information content (AvgIpc) is 3.00. The van der Waals surface area contributed by atoms with Crippen LogP contribution in [0.3, 0.4) is 0 Å². The lowest BCUT2D eigenvalue weighted by Crippen LogP contribution is -2.38. The second kappa shape index (κ2) is 12.0. The highest BCUT2D eigenvalue weighted by Crippen LogP contribution is 2.37. The van der Waals surface area contributed by atoms with Gasteiger partial charge in [-0.3, -0.25) is 14.2 Å². The molecule has 0 aliphatic heterocycles. The molecule has 5 nitrogen and oxygen atoms in total. The molecule has 0 saturated heterocycles. The van der Waals surface area contributed by atoms with Crippen LogP contribution in [0, 0.1) is 0 Å². The zero-order valence-electron chi connectivity index (χ0n) is 23.2. The van der Waals surface area contributed by atoms with E-state index in [0.29, 0.717) is 34.3 Å². The van der Waals surface area contributed by atoms with Crippen molar-refractivity contribution >= 4 is 16.8 Å². The first-order valence-corrected chi connectivity index (χ1v) is 13.6. The molecule has 0 N–H and O–H groups in total. The van der Waals surface area contributed by atoms with E-state index in [2.05, 4.69) is 0 Å². The van der Waals surface area contributed by atoms with Gasteiger partial charge in [0.25, 0.3) is 11.5 Å². The molecule has 1 heterocycles. The second-order valence-corrected chi connectivity index (χ2v) is 10.1. The van der Waals surface area contributed by atoms with Gasteiger partial charge in [-0.15, -0.1) is 0 Å². The van der Waals surface area contributed by atoms with Crippen LogP contribution in [0.2, 0.25) is 0 Å². The molecule has 0 aliphatic carbocycles. The number of carbonyl (C=O) groups is 1. The molecule has 5 aromatic rings. The summed E-state index contributed by atoms with van der Waals surface area (Å²) in [5, 5.41) is 0.295. The van der Waals surface area contributed by atoms with Crippen LogP contribution in [-0.4, -0.2) is 20.4 Å². The first-order valence-electron chi connectivity index (χ1n) is 13.6. The van der Waals surface area contributed by atoms with E-state index in [1.54, 1.807) is 91.9 Å². The van der Waals surface area contributed by atoms with Crippen LogP contribution >= 0.6 is 0 Å². The molecule has 11 heteroatoms. The molecule has 44 heavy (non-hydrogen) atoms. The van der Waals surface area contributed by atoms with Gasteiger partial charge in [0.2, 0.25) is 0 Å². The number of hydrogen-bond acceptors (Lipinski definition) is 3. The molecular weight excluding hydrogens is 584 g/mol. The van der Waals surface area contributed by atoms with Gasteiger partial charge in [-0.05, 0) is 54.4 Å². The Morgan fingerprint density at radius 1 is 0.795 bits per heavy atom. The van der Waals surface area contributed by atoms with Crippen LogP contribution in [-0.2, 0) is 18.9 Å². The van der Waals surface area contributed by atoms with Crippen molar-refractivity contribution in [1.82, 2.24) is 14.5 Å². The Kier molecular flexibility index (Phi) is 8.31. The number of para-hydroxylation sites is 2. The minimum atomic E-state index is -5.14. The number of aromatic nitrogens is 2. The Bertz CT molecular complexity index is 1820. The minimum Gasteiger partial charge on any atom is -0.324 e. The second-order valence-electron chi connectivity index (χ2n) is 10.1. The van der Waals surface area contributed by atoms with Crippen LogP contribution in [0.4, 0.5) is 26.3 Å². The van der Waals surface area contributed by atoms with Crippen LogP contribution in [0.15, 0.2) is 108 Å². The minimum absolute atomic E-state index is 0.0203. The Morgan fingerprint density at radius 2 is 1.34 bits per heavy atom. The molecule has 0 spiro atoms. The van der Waals surface area contributed by atoms with E-state index < -0.39 is 46.6 Å². The van der Waals surface area contributed by atoms with Gasteiger partial charge in [0.05, 0.1) is 33.8 Å². The van der Waals surface area contributed by atoms with E-state index >= 15 is 0 Å². The van der Waals surface area contributed by atoms with E-state index in [1.807, 2.05) is 0 Å². The molecule has 1 unspecified atom stereocenters. The van der Waals surface area contributed by atoms with Crippen molar-refractivity contribution in [2.24, 2.45) is 0 Å². The highest BCUT2D eigenvalue weighted by molar-refractivity contribution is 5.95. The first kappa shape index (κ1) is 30.5. The summed E-state index contributed by atoms with van der Waals surface area (Å²) in [6.45, 7) is 1.51. The Morgan fingerprint density at radius 3 is 1.91 bits per heavy atom. The molecule has 226 valence electrons. The van der Waals surface area contributed by atoms with Gasteiger partial charge in [0, 0.05) is 12.1 Å². The molecular formula is C33H25F6N3O2. The fourth-order valence-corrected chi connectivity index (χ4v) is 5.09. The molecule has 5 rings (SSSR count). The maximum Gasteiger partial charge on any atom is 0.416 e. The molecule has 0 fully saturated rings. The monoisotopic (exact) mass is 609 g/mol. The van der Waals surface area contributed by atoms with Gasteiger partial charge in [-0.2, -0.15) is 26.3 Å². The average molecular weight is 610 g/mol. The maximum atomic E-state index is 14.2. The van der Waals surface area contributed by atoms with Crippen LogP contribution in [0.1, 0.15) is 52.3 Å². The van der Waals surface area contributed by atoms with Crippen LogP contribution < -0.4 is 5.56 Å². The number of alkyl halides is 6. The van der Waals surface area contributed by atoms with Crippen molar-refractivity contribution in [3.05, 3.63) is 142 Å². The van der Waals surface area contributed by atoms with Crippen molar-refractivity contribution in [3.8, 4) is 5.69 Å². The molecule has 0 radical (unpaired) electrons. The SMILES string of the molecule is CCC(c1nc2ccccc2c(=O)n1-c1ccccc1)N(Cc1ccccc1)C(=O)c1cc(C(F)(F)F)cc(C(F)(F)F)c1. The van der Waals surface area contributed by atoms with Gasteiger partial charge >= 0.3 is 12.4 Å². The number of carbonyl (C=O) groups excluding carboxylic acids is 1. The van der Waals surface area contributed by atoms with Crippen LogP contribution in [0.5, 0.6) is 0 Å². The molecule has 4 aromatic carbocycles. The third-order valence-electron chi connectivity index (χ3n) is 7.17. The summed E-state index contributed by atoms with van der Waals surface area (Å²) in [6.07, 6.45) is -10.2. The summed E-state index contributed by atoms with van der Waals surface area (Å²) < 4.78 is 83.7. The lowest BCUT2D eigenvalue weighted by molar-refractivity contribution is -0.143. The molecule has 1 atom stereocenters. The maximum absolute atomic E-state index is 14.2. The predicted octanol–water partition coefficient (Wildman–Crippen LogP) is 8.22. The summed E-state index contributed by atoms with van der Waals surface area (Å²) in [4.78, 5) is 33.9. The summed E-state index contributed by atoms with van der Waals surface area (Å²) >= 11 is 0. The first-order chi connectivity index (χ1) is 20.9. The molecule has 0 bridgehead atoms. The number of hydrogen-bond donors (Lipinski definition) is 0. The van der Waals surface area contributed by atoms with Gasteiger partial charge in [0.15, 0.2) is 0 Å². The standard InChI is InChI=1S/C33H25F6N3O2/c1-2-28(29-40-27-16-10-9-15-26(27)31(44)42(29)25-13-7-4-8-14-25)41(20-21-11-5-3-6-12-21)30(43)22-17-23(32(34,35)36)19-24(18-22)33(37,38)39/h3-19,28H,2,20H2,1H3. The molecule has 0 aliphatic rings. The fourth-order valence-electron chi connectivity index (χ4n) is 5.09. The van der Waals surface area contributed by atoms with Crippen LogP contribution in [0.25, 0.3) is 16.6 Å². The Hall–Kier alpha value is -4.93. The third kappa shape index (κ3) is 6.22. The number of benzene rings is 4. The van der Waals surface area contributed by atoms with Crippen molar-refractivity contribution in [1.29, 1.82) is 0 Å². The van der Waals surface area contributed by atoms with Gasteiger partial charge in [-0.1, -0.05) is 67.6 Å². The molecule has 1 amide bonds. The summed E-state index contributed by atoms with van der Waals surface area (Å²) in [5.74, 6) is -0.978. The van der Waals surface area contributed by atoms with Crippen molar-refractivity contribution in [3.63, 3.8) is 0 Å². The fraction of sp³-hybridized carbons (Fsp3) is 0.182. The summed E-state index contributed by atoms with van der Waals surface area (Å²) in [6, 6.07) is 23.3. The Balaban J connectivity index is 1.76. The number of nitrogens with zero attached hydrogens (tertiary/aromatic N) is 3. The van der Waals surface area contributed by atoms with E-state index in [-0.39, 0.29) is 24.9 Å². The predicted molar refractivity (Wildman–Crippen MR) is 153 cm³/mol. The van der Waals surface area contributed by atoms with Gasteiger partial charge in [-0.25, -0.2) is 4.98 Å². The van der Waals surface area contributed by atoms with E-state index in [9.17, 15) is 35.9 Å². The van der Waals surface area contributed by atoms with E-state index in [1.165, 1.54) is 9.47 Å². The zero-order chi connectivity index (χ0) is 31.6. The third-order valence-corrected chi connectivity index (χ3v) is 7.17. The van der Waals surface area contributed by atoms with Crippen molar-refractivity contribution < 1.29 is 31.1 Å². The topological polar surface area (TPSA) is 55.2 Å². The highest BCUT2D eigenvalue weighted by atomic mass is 19.4. The number of amides is 1. The molecule has 0 saturated carbocycles. The van der Waals surface area contributed by atoms with E-state index in [4.69, 9.17) is 4.98 Å². The van der Waals surface area contributed by atoms with Gasteiger partial charge < -0.3 is 4.90 Å². The normalized spacial score (nSPS) is 12.7. The number of rotatable bonds is 7. The van der Waals surface area contributed by atoms with Crippen molar-refractivity contribution in [2.45, 2.75) is 38.3 Å². The van der Waals surface area contributed by atoms with Gasteiger partial charge in [0.1, 0.15) is 5.82 Å². The van der Waals surface area contributed by atoms with Crippen molar-refractivity contribution in [2.75, 3.05) is 0 Å². The molecule has 1 aromatic heterocycles. The quantitative estimate of drug-likeness (QED) is 0.175. The highest BCUT2D eigenvalue weighted by Gasteiger charge is 2.39. The largest absolute Gasteiger partial charge is 0.416 e.